The van der Waals surface area contributed by atoms with Gasteiger partial charge in [-0.25, -0.2) is 0 Å². The van der Waals surface area contributed by atoms with Crippen molar-refractivity contribution in [3.05, 3.63) is 21.6 Å². The lowest BCUT2D eigenvalue weighted by Gasteiger charge is -2.25. The van der Waals surface area contributed by atoms with Crippen LogP contribution in [-0.4, -0.2) is 5.25 Å². The zero-order chi connectivity index (χ0) is 10.1. The Morgan fingerprint density at radius 1 is 1.43 bits per heavy atom. The van der Waals surface area contributed by atoms with Crippen LogP contribution in [0, 0.1) is 0 Å². The van der Waals surface area contributed by atoms with E-state index in [1.807, 2.05) is 23.9 Å². The van der Waals surface area contributed by atoms with Gasteiger partial charge in [0.25, 0.3) is 0 Å². The lowest BCUT2D eigenvalue weighted by atomic mass is 10.0. The fraction of sp³-hybridized carbons (Fsp3) is 0.400. The van der Waals surface area contributed by atoms with Crippen LogP contribution in [0.15, 0.2) is 21.5 Å². The second-order valence-corrected chi connectivity index (χ2v) is 6.08. The Kier molecular flexibility index (Phi) is 3.30. The summed E-state index contributed by atoms with van der Waals surface area (Å²) in [5.41, 5.74) is 6.33. The van der Waals surface area contributed by atoms with Crippen LogP contribution in [0.25, 0.3) is 0 Å². The molecule has 0 aliphatic heterocycles. The van der Waals surface area contributed by atoms with Crippen molar-refractivity contribution in [2.75, 3.05) is 5.73 Å². The highest BCUT2D eigenvalue weighted by Gasteiger charge is 2.20. The average molecular weight is 293 g/mol. The van der Waals surface area contributed by atoms with Gasteiger partial charge < -0.3 is 5.73 Å². The maximum atomic E-state index is 5.97. The first-order chi connectivity index (χ1) is 6.66. The Morgan fingerprint density at radius 3 is 2.71 bits per heavy atom. The zero-order valence-electron chi connectivity index (χ0n) is 7.59. The Morgan fingerprint density at radius 2 is 2.14 bits per heavy atom. The predicted octanol–water partition coefficient (Wildman–Crippen LogP) is 4.33. The summed E-state index contributed by atoms with van der Waals surface area (Å²) >= 11 is 11.4. The van der Waals surface area contributed by atoms with E-state index in [0.717, 1.165) is 9.72 Å². The molecule has 76 valence electrons. The second kappa shape index (κ2) is 4.33. The van der Waals surface area contributed by atoms with E-state index >= 15 is 0 Å². The lowest BCUT2D eigenvalue weighted by Crippen LogP contribution is -2.12. The molecule has 0 aromatic heterocycles. The van der Waals surface area contributed by atoms with Gasteiger partial charge in [0, 0.05) is 14.6 Å². The minimum atomic E-state index is 0.636. The SMILES string of the molecule is Nc1cc(Br)c(SC2CCC2)cc1Cl. The van der Waals surface area contributed by atoms with Crippen LogP contribution in [-0.2, 0) is 0 Å². The van der Waals surface area contributed by atoms with Gasteiger partial charge in [-0.15, -0.1) is 11.8 Å². The monoisotopic (exact) mass is 291 g/mol. The van der Waals surface area contributed by atoms with Crippen molar-refractivity contribution in [3.63, 3.8) is 0 Å². The Hall–Kier alpha value is 0.140. The molecule has 14 heavy (non-hydrogen) atoms. The molecule has 0 bridgehead atoms. The van der Waals surface area contributed by atoms with Crippen LogP contribution >= 0.6 is 39.3 Å². The number of halogens is 2. The minimum absolute atomic E-state index is 0.636. The maximum absolute atomic E-state index is 5.97. The molecule has 1 nitrogen and oxygen atoms in total. The number of thioether (sulfide) groups is 1. The fourth-order valence-corrected chi connectivity index (χ4v) is 3.46. The van der Waals surface area contributed by atoms with Gasteiger partial charge in [-0.2, -0.15) is 0 Å². The Bertz CT molecular complexity index is 352. The quantitative estimate of drug-likeness (QED) is 0.821. The molecule has 1 aliphatic rings. The third-order valence-electron chi connectivity index (χ3n) is 2.40. The minimum Gasteiger partial charge on any atom is -0.397 e. The van der Waals surface area contributed by atoms with E-state index < -0.39 is 0 Å². The highest BCUT2D eigenvalue weighted by atomic mass is 79.9. The predicted molar refractivity (Wildman–Crippen MR) is 67.1 cm³/mol. The van der Waals surface area contributed by atoms with E-state index in [4.69, 9.17) is 17.3 Å². The summed E-state index contributed by atoms with van der Waals surface area (Å²) in [4.78, 5) is 1.20. The summed E-state index contributed by atoms with van der Waals surface area (Å²) in [6.45, 7) is 0. The van der Waals surface area contributed by atoms with Crippen molar-refractivity contribution < 1.29 is 0 Å². The van der Waals surface area contributed by atoms with Crippen LogP contribution < -0.4 is 5.73 Å². The molecule has 0 unspecified atom stereocenters. The normalized spacial score (nSPS) is 16.7. The van der Waals surface area contributed by atoms with Crippen molar-refractivity contribution in [1.29, 1.82) is 0 Å². The van der Waals surface area contributed by atoms with E-state index in [1.54, 1.807) is 0 Å². The molecule has 1 saturated carbocycles. The molecule has 0 saturated heterocycles. The molecule has 1 aromatic carbocycles. The zero-order valence-corrected chi connectivity index (χ0v) is 10.8. The first-order valence-corrected chi connectivity index (χ1v) is 6.63. The van der Waals surface area contributed by atoms with Gasteiger partial charge in [0.2, 0.25) is 0 Å². The smallest absolute Gasteiger partial charge is 0.0647 e. The van der Waals surface area contributed by atoms with E-state index in [2.05, 4.69) is 15.9 Å². The number of nitrogen functional groups attached to an aromatic ring is 1. The summed E-state index contributed by atoms with van der Waals surface area (Å²) < 4.78 is 1.05. The van der Waals surface area contributed by atoms with Crippen LogP contribution in [0.3, 0.4) is 0 Å². The van der Waals surface area contributed by atoms with Crippen molar-refractivity contribution in [1.82, 2.24) is 0 Å². The summed E-state index contributed by atoms with van der Waals surface area (Å²) in [6, 6.07) is 3.83. The molecule has 0 radical (unpaired) electrons. The Balaban J connectivity index is 2.19. The number of hydrogen-bond acceptors (Lipinski definition) is 2. The van der Waals surface area contributed by atoms with Crippen LogP contribution in [0.2, 0.25) is 5.02 Å². The van der Waals surface area contributed by atoms with E-state index in [0.29, 0.717) is 10.7 Å². The van der Waals surface area contributed by atoms with Crippen molar-refractivity contribution in [2.45, 2.75) is 29.4 Å². The summed E-state index contributed by atoms with van der Waals surface area (Å²) in [5, 5.41) is 1.42. The largest absolute Gasteiger partial charge is 0.397 e. The first-order valence-electron chi connectivity index (χ1n) is 4.58. The van der Waals surface area contributed by atoms with Gasteiger partial charge in [0.1, 0.15) is 0 Å². The van der Waals surface area contributed by atoms with Gasteiger partial charge >= 0.3 is 0 Å². The third kappa shape index (κ3) is 2.20. The van der Waals surface area contributed by atoms with Crippen LogP contribution in [0.5, 0.6) is 0 Å². The van der Waals surface area contributed by atoms with Gasteiger partial charge in [-0.3, -0.25) is 0 Å². The molecule has 0 spiro atoms. The van der Waals surface area contributed by atoms with Crippen molar-refractivity contribution in [3.8, 4) is 0 Å². The van der Waals surface area contributed by atoms with Gasteiger partial charge in [-0.1, -0.05) is 18.0 Å². The molecule has 2 rings (SSSR count). The molecule has 1 aromatic rings. The lowest BCUT2D eigenvalue weighted by molar-refractivity contribution is 0.522. The fourth-order valence-electron chi connectivity index (χ4n) is 1.30. The average Bonchev–Trinajstić information content (AvgIpc) is 2.06. The maximum Gasteiger partial charge on any atom is 0.0647 e. The third-order valence-corrected chi connectivity index (χ3v) is 5.04. The topological polar surface area (TPSA) is 26.0 Å². The number of hydrogen-bond donors (Lipinski definition) is 1. The molecule has 1 aliphatic carbocycles. The van der Waals surface area contributed by atoms with E-state index in [1.165, 1.54) is 24.2 Å². The number of nitrogens with two attached hydrogens (primary N) is 1. The molecular formula is C10H11BrClNS. The van der Waals surface area contributed by atoms with Gasteiger partial charge in [0.05, 0.1) is 10.7 Å². The molecular weight excluding hydrogens is 282 g/mol. The number of rotatable bonds is 2. The molecule has 0 heterocycles. The summed E-state index contributed by atoms with van der Waals surface area (Å²) in [6.07, 6.45) is 4.00. The molecule has 1 fully saturated rings. The van der Waals surface area contributed by atoms with Gasteiger partial charge in [-0.05, 0) is 40.9 Å². The summed E-state index contributed by atoms with van der Waals surface area (Å²) in [7, 11) is 0. The van der Waals surface area contributed by atoms with E-state index in [9.17, 15) is 0 Å². The molecule has 2 N–H and O–H groups in total. The van der Waals surface area contributed by atoms with Gasteiger partial charge in [0.15, 0.2) is 0 Å². The van der Waals surface area contributed by atoms with Crippen molar-refractivity contribution >= 4 is 45.0 Å². The van der Waals surface area contributed by atoms with E-state index in [-0.39, 0.29) is 0 Å². The molecule has 4 heteroatoms. The van der Waals surface area contributed by atoms with Crippen LogP contribution in [0.1, 0.15) is 19.3 Å². The second-order valence-electron chi connectivity index (χ2n) is 3.47. The highest BCUT2D eigenvalue weighted by molar-refractivity contribution is 9.10. The first kappa shape index (κ1) is 10.7. The molecule has 0 amide bonds. The number of anilines is 1. The molecule has 0 atom stereocenters. The number of benzene rings is 1. The Labute approximate surface area is 102 Å². The highest BCUT2D eigenvalue weighted by Crippen LogP contribution is 2.41. The summed E-state index contributed by atoms with van der Waals surface area (Å²) in [5.74, 6) is 0. The van der Waals surface area contributed by atoms with Crippen LogP contribution in [0.4, 0.5) is 5.69 Å². The van der Waals surface area contributed by atoms with Crippen molar-refractivity contribution in [2.24, 2.45) is 0 Å². The standard InChI is InChI=1S/C10H11BrClNS/c11-7-4-9(13)8(12)5-10(7)14-6-2-1-3-6/h4-6H,1-3,13H2.